The summed E-state index contributed by atoms with van der Waals surface area (Å²) in [5.74, 6) is 0.740. The molecule has 2 unspecified atom stereocenters. The first-order valence-corrected chi connectivity index (χ1v) is 9.35. The fourth-order valence-electron chi connectivity index (χ4n) is 3.59. The molecule has 3 rings (SSSR count). The van der Waals surface area contributed by atoms with Crippen molar-refractivity contribution in [1.82, 2.24) is 10.2 Å². The van der Waals surface area contributed by atoms with Crippen LogP contribution in [0.4, 0.5) is 4.79 Å². The molecule has 2 fully saturated rings. The van der Waals surface area contributed by atoms with Gasteiger partial charge in [-0.15, -0.1) is 12.4 Å². The maximum Gasteiger partial charge on any atom is 0.279 e. The minimum atomic E-state index is 0. The largest absolute Gasteiger partial charge is 0.343 e. The summed E-state index contributed by atoms with van der Waals surface area (Å²) in [6, 6.07) is 11.3. The second-order valence-corrected chi connectivity index (χ2v) is 7.76. The molecule has 0 aliphatic carbocycles. The molecule has 1 aromatic rings. The molecule has 0 radical (unpaired) electrons. The van der Waals surface area contributed by atoms with Crippen LogP contribution in [0.15, 0.2) is 30.3 Å². The normalized spacial score (nSPS) is 25.9. The van der Waals surface area contributed by atoms with Crippen molar-refractivity contribution in [2.75, 3.05) is 19.6 Å². The summed E-state index contributed by atoms with van der Waals surface area (Å²) in [6.45, 7) is 5.72. The van der Waals surface area contributed by atoms with Gasteiger partial charge in [0.2, 0.25) is 0 Å². The number of carbonyl (C=O) groups is 1. The summed E-state index contributed by atoms with van der Waals surface area (Å²) in [5, 5.41) is 3.61. The number of thioether (sulfide) groups is 1. The molecule has 2 saturated heterocycles. The van der Waals surface area contributed by atoms with Crippen LogP contribution in [0.25, 0.3) is 0 Å². The molecule has 3 nitrogen and oxygen atoms in total. The number of hydrogen-bond donors (Lipinski definition) is 1. The lowest BCUT2D eigenvalue weighted by molar-refractivity contribution is 0.208. The number of benzene rings is 1. The fraction of sp³-hybridized carbons (Fsp3) is 0.611. The molecule has 1 N–H and O–H groups in total. The van der Waals surface area contributed by atoms with Crippen LogP contribution < -0.4 is 5.32 Å². The zero-order valence-corrected chi connectivity index (χ0v) is 15.4. The molecule has 1 amide bonds. The van der Waals surface area contributed by atoms with E-state index in [0.29, 0.717) is 11.3 Å². The van der Waals surface area contributed by atoms with Gasteiger partial charge in [-0.1, -0.05) is 42.1 Å². The molecule has 23 heavy (non-hydrogen) atoms. The highest BCUT2D eigenvalue weighted by Crippen LogP contribution is 2.29. The van der Waals surface area contributed by atoms with E-state index in [1.165, 1.54) is 56.2 Å². The van der Waals surface area contributed by atoms with E-state index >= 15 is 0 Å². The van der Waals surface area contributed by atoms with Crippen molar-refractivity contribution in [1.29, 1.82) is 0 Å². The summed E-state index contributed by atoms with van der Waals surface area (Å²) < 4.78 is 0. The predicted molar refractivity (Wildman–Crippen MR) is 101 cm³/mol. The molecule has 1 aromatic carbocycles. The van der Waals surface area contributed by atoms with Crippen molar-refractivity contribution in [2.24, 2.45) is 0 Å². The minimum Gasteiger partial charge on any atom is -0.343 e. The summed E-state index contributed by atoms with van der Waals surface area (Å²) in [7, 11) is 0. The molecule has 5 heteroatoms. The van der Waals surface area contributed by atoms with Gasteiger partial charge in [0.25, 0.3) is 5.24 Å². The maximum atomic E-state index is 11.3. The molecule has 0 aromatic heterocycles. The molecule has 0 saturated carbocycles. The molecule has 128 valence electrons. The number of hydrogen-bond acceptors (Lipinski definition) is 3. The van der Waals surface area contributed by atoms with Crippen LogP contribution in [0.2, 0.25) is 0 Å². The van der Waals surface area contributed by atoms with E-state index in [0.717, 1.165) is 12.3 Å². The Bertz CT molecular complexity index is 491. The van der Waals surface area contributed by atoms with Crippen LogP contribution >= 0.6 is 24.2 Å². The minimum absolute atomic E-state index is 0. The monoisotopic (exact) mass is 354 g/mol. The number of amides is 1. The van der Waals surface area contributed by atoms with Gasteiger partial charge in [0, 0.05) is 11.3 Å². The first-order chi connectivity index (χ1) is 10.7. The first kappa shape index (κ1) is 18.6. The van der Waals surface area contributed by atoms with Gasteiger partial charge in [-0.2, -0.15) is 0 Å². The second kappa shape index (κ2) is 8.95. The summed E-state index contributed by atoms with van der Waals surface area (Å²) in [5.41, 5.74) is 1.50. The highest BCUT2D eigenvalue weighted by molar-refractivity contribution is 8.14. The maximum absolute atomic E-state index is 11.3. The standard InChI is InChI=1S/C18H26N2OS.ClH/c1-14-17(22-18(21)19-14)8-5-11-20-12-9-16(10-13-20)15-6-3-2-4-7-15;/h2-4,6-7,14,16-17H,5,8-13H2,1H3,(H,19,21);1H. The lowest BCUT2D eigenvalue weighted by Gasteiger charge is -2.32. The third kappa shape index (κ3) is 5.13. The Morgan fingerprint density at radius 1 is 1.22 bits per heavy atom. The van der Waals surface area contributed by atoms with Crippen LogP contribution in [0.5, 0.6) is 0 Å². The van der Waals surface area contributed by atoms with E-state index in [9.17, 15) is 4.79 Å². The third-order valence-corrected chi connectivity index (χ3v) is 6.26. The Hall–Kier alpha value is -0.710. The van der Waals surface area contributed by atoms with E-state index in [-0.39, 0.29) is 17.6 Å². The lowest BCUT2D eigenvalue weighted by Crippen LogP contribution is -2.34. The van der Waals surface area contributed by atoms with Gasteiger partial charge in [0.1, 0.15) is 0 Å². The third-order valence-electron chi connectivity index (χ3n) is 4.98. The van der Waals surface area contributed by atoms with Crippen LogP contribution in [0, 0.1) is 0 Å². The zero-order valence-electron chi connectivity index (χ0n) is 13.7. The number of rotatable bonds is 5. The van der Waals surface area contributed by atoms with E-state index in [1.54, 1.807) is 0 Å². The Labute approximate surface area is 150 Å². The first-order valence-electron chi connectivity index (χ1n) is 8.47. The number of carbonyl (C=O) groups excluding carboxylic acids is 1. The van der Waals surface area contributed by atoms with Crippen molar-refractivity contribution in [3.8, 4) is 0 Å². The Balaban J connectivity index is 0.00000192. The number of piperidine rings is 1. The highest BCUT2D eigenvalue weighted by Gasteiger charge is 2.29. The average molecular weight is 355 g/mol. The Morgan fingerprint density at radius 2 is 1.91 bits per heavy atom. The average Bonchev–Trinajstić information content (AvgIpc) is 2.87. The second-order valence-electron chi connectivity index (χ2n) is 6.55. The van der Waals surface area contributed by atoms with Gasteiger partial charge in [0.15, 0.2) is 0 Å². The molecule has 2 heterocycles. The quantitative estimate of drug-likeness (QED) is 0.856. The Morgan fingerprint density at radius 3 is 2.52 bits per heavy atom. The molecule has 2 aliphatic rings. The van der Waals surface area contributed by atoms with Gasteiger partial charge in [-0.05, 0) is 63.7 Å². The molecule has 2 aliphatic heterocycles. The molecule has 2 atom stereocenters. The summed E-state index contributed by atoms with van der Waals surface area (Å²) >= 11 is 1.49. The van der Waals surface area contributed by atoms with Gasteiger partial charge in [-0.25, -0.2) is 0 Å². The number of halogens is 1. The highest BCUT2D eigenvalue weighted by atomic mass is 35.5. The summed E-state index contributed by atoms with van der Waals surface area (Å²) in [6.07, 6.45) is 4.90. The molecular formula is C18H27ClN2OS. The number of likely N-dealkylation sites (tertiary alicyclic amines) is 1. The van der Waals surface area contributed by atoms with Crippen molar-refractivity contribution in [3.05, 3.63) is 35.9 Å². The lowest BCUT2D eigenvalue weighted by atomic mass is 9.89. The number of nitrogens with zero attached hydrogens (tertiary/aromatic N) is 1. The molecule has 0 bridgehead atoms. The van der Waals surface area contributed by atoms with E-state index < -0.39 is 0 Å². The Kier molecular flexibility index (Phi) is 7.25. The van der Waals surface area contributed by atoms with E-state index in [1.807, 2.05) is 0 Å². The molecular weight excluding hydrogens is 328 g/mol. The van der Waals surface area contributed by atoms with Crippen LogP contribution in [0.1, 0.15) is 44.1 Å². The van der Waals surface area contributed by atoms with Gasteiger partial charge in [-0.3, -0.25) is 4.79 Å². The summed E-state index contributed by atoms with van der Waals surface area (Å²) in [4.78, 5) is 13.9. The van der Waals surface area contributed by atoms with Gasteiger partial charge in [0.05, 0.1) is 0 Å². The van der Waals surface area contributed by atoms with Crippen molar-refractivity contribution >= 4 is 29.4 Å². The van der Waals surface area contributed by atoms with Gasteiger partial charge < -0.3 is 10.2 Å². The van der Waals surface area contributed by atoms with Crippen LogP contribution in [-0.2, 0) is 0 Å². The number of nitrogens with one attached hydrogen (secondary N) is 1. The predicted octanol–water partition coefficient (Wildman–Crippen LogP) is 4.28. The van der Waals surface area contributed by atoms with Crippen molar-refractivity contribution in [2.45, 2.75) is 49.8 Å². The van der Waals surface area contributed by atoms with Gasteiger partial charge >= 0.3 is 0 Å². The van der Waals surface area contributed by atoms with Crippen LogP contribution in [-0.4, -0.2) is 41.1 Å². The smallest absolute Gasteiger partial charge is 0.279 e. The van der Waals surface area contributed by atoms with Crippen LogP contribution in [0.3, 0.4) is 0 Å². The SMILES string of the molecule is CC1NC(=O)SC1CCCN1CCC(c2ccccc2)CC1.Cl. The topological polar surface area (TPSA) is 32.3 Å². The van der Waals surface area contributed by atoms with E-state index in [2.05, 4.69) is 47.5 Å². The fourth-order valence-corrected chi connectivity index (χ4v) is 4.68. The molecule has 0 spiro atoms. The van der Waals surface area contributed by atoms with Crippen molar-refractivity contribution in [3.63, 3.8) is 0 Å². The van der Waals surface area contributed by atoms with Crippen molar-refractivity contribution < 1.29 is 4.79 Å². The zero-order chi connectivity index (χ0) is 15.4. The van der Waals surface area contributed by atoms with E-state index in [4.69, 9.17) is 0 Å².